The summed E-state index contributed by atoms with van der Waals surface area (Å²) in [5.74, 6) is -1.38. The number of aliphatic hydroxyl groups excluding tert-OH is 2. The van der Waals surface area contributed by atoms with Crippen molar-refractivity contribution in [1.82, 2.24) is 10.2 Å². The van der Waals surface area contributed by atoms with Crippen molar-refractivity contribution in [3.8, 4) is 0 Å². The topological polar surface area (TPSA) is 89.9 Å². The molecule has 0 aliphatic carbocycles. The molecule has 2 heterocycles. The van der Waals surface area contributed by atoms with E-state index in [-0.39, 0.29) is 12.6 Å². The highest BCUT2D eigenvalue weighted by Crippen LogP contribution is 2.33. The molecule has 7 heteroatoms. The second-order valence-corrected chi connectivity index (χ2v) is 9.99. The molecule has 3 N–H and O–H groups in total. The van der Waals surface area contributed by atoms with Crippen LogP contribution in [-0.4, -0.2) is 45.7 Å². The van der Waals surface area contributed by atoms with Gasteiger partial charge in [-0.25, -0.2) is 0 Å². The van der Waals surface area contributed by atoms with Crippen LogP contribution in [0.4, 0.5) is 0 Å². The summed E-state index contributed by atoms with van der Waals surface area (Å²) < 4.78 is 0. The molecule has 4 rings (SSSR count). The molecule has 6 nitrogen and oxygen atoms in total. The summed E-state index contributed by atoms with van der Waals surface area (Å²) in [5.41, 5.74) is 3.31. The second-order valence-electron chi connectivity index (χ2n) is 8.74. The van der Waals surface area contributed by atoms with Crippen molar-refractivity contribution in [3.63, 3.8) is 0 Å². The van der Waals surface area contributed by atoms with E-state index in [1.165, 1.54) is 10.4 Å². The Bertz CT molecular complexity index is 1130. The quantitative estimate of drug-likeness (QED) is 0.463. The first-order chi connectivity index (χ1) is 16.4. The molecule has 0 saturated carbocycles. The molecule has 0 spiro atoms. The van der Waals surface area contributed by atoms with Crippen LogP contribution in [0, 0.1) is 6.92 Å². The average molecular weight is 479 g/mol. The highest BCUT2D eigenvalue weighted by atomic mass is 32.1. The molecule has 2 aromatic carbocycles. The number of carbonyl (C=O) groups excluding carboxylic acids is 2. The van der Waals surface area contributed by atoms with Gasteiger partial charge in [0.05, 0.1) is 12.6 Å². The minimum Gasteiger partial charge on any atom is -0.380 e. The first-order valence-electron chi connectivity index (χ1n) is 11.5. The van der Waals surface area contributed by atoms with Gasteiger partial charge in [0.2, 0.25) is 0 Å². The van der Waals surface area contributed by atoms with Gasteiger partial charge in [-0.1, -0.05) is 60.2 Å². The van der Waals surface area contributed by atoms with E-state index in [0.29, 0.717) is 6.54 Å². The molecule has 1 aliphatic heterocycles. The number of aliphatic hydroxyl groups is 2. The smallest absolute Gasteiger partial charge is 0.255 e. The van der Waals surface area contributed by atoms with Crippen molar-refractivity contribution in [2.45, 2.75) is 51.0 Å². The largest absolute Gasteiger partial charge is 0.380 e. The molecule has 34 heavy (non-hydrogen) atoms. The monoisotopic (exact) mass is 478 g/mol. The van der Waals surface area contributed by atoms with Gasteiger partial charge in [0.15, 0.2) is 12.2 Å². The van der Waals surface area contributed by atoms with E-state index in [9.17, 15) is 19.8 Å². The van der Waals surface area contributed by atoms with Gasteiger partial charge in [-0.2, -0.15) is 0 Å². The van der Waals surface area contributed by atoms with Crippen molar-refractivity contribution < 1.29 is 19.8 Å². The third kappa shape index (κ3) is 5.73. The third-order valence-electron chi connectivity index (χ3n) is 6.16. The molecule has 2 amide bonds. The molecule has 1 aliphatic rings. The number of rotatable bonds is 8. The van der Waals surface area contributed by atoms with Crippen LogP contribution >= 0.6 is 11.3 Å². The standard InChI is InChI=1S/C27H30N2O4S/c1-18-7-5-10-20(15-18)23-11-6-14-29(23)27(33)25(31)24(30)26(32)28-17-22-13-12-21(34-22)16-19-8-3-2-4-9-19/h2-5,7-10,12-13,15,23-25,30-31H,6,11,14,16-17H2,1H3,(H,28,32)/t23?,24-,25-/m1/s1. The lowest BCUT2D eigenvalue weighted by molar-refractivity contribution is -0.153. The Morgan fingerprint density at radius 3 is 2.56 bits per heavy atom. The Morgan fingerprint density at radius 1 is 1.03 bits per heavy atom. The van der Waals surface area contributed by atoms with Gasteiger partial charge >= 0.3 is 0 Å². The van der Waals surface area contributed by atoms with Crippen LogP contribution in [0.15, 0.2) is 66.7 Å². The van der Waals surface area contributed by atoms with Crippen LogP contribution in [0.2, 0.25) is 0 Å². The highest BCUT2D eigenvalue weighted by molar-refractivity contribution is 7.12. The first-order valence-corrected chi connectivity index (χ1v) is 12.4. The minimum atomic E-state index is -1.82. The fourth-order valence-electron chi connectivity index (χ4n) is 4.39. The van der Waals surface area contributed by atoms with E-state index in [1.807, 2.05) is 61.5 Å². The molecule has 0 radical (unpaired) electrons. The lowest BCUT2D eigenvalue weighted by Gasteiger charge is -2.28. The number of hydrogen-bond acceptors (Lipinski definition) is 5. The van der Waals surface area contributed by atoms with Crippen molar-refractivity contribution >= 4 is 23.2 Å². The number of likely N-dealkylation sites (tertiary alicyclic amines) is 1. The maximum absolute atomic E-state index is 12.9. The van der Waals surface area contributed by atoms with Crippen molar-refractivity contribution in [1.29, 1.82) is 0 Å². The third-order valence-corrected chi connectivity index (χ3v) is 7.24. The number of benzene rings is 2. The van der Waals surface area contributed by atoms with Gasteiger partial charge in [0.25, 0.3) is 11.8 Å². The maximum Gasteiger partial charge on any atom is 0.255 e. The van der Waals surface area contributed by atoms with E-state index in [1.54, 1.807) is 16.2 Å². The van der Waals surface area contributed by atoms with Crippen LogP contribution in [0.1, 0.15) is 45.3 Å². The van der Waals surface area contributed by atoms with Crippen LogP contribution in [0.5, 0.6) is 0 Å². The van der Waals surface area contributed by atoms with E-state index in [4.69, 9.17) is 0 Å². The van der Waals surface area contributed by atoms with Crippen LogP contribution in [0.25, 0.3) is 0 Å². The zero-order valence-corrected chi connectivity index (χ0v) is 20.0. The van der Waals surface area contributed by atoms with E-state index < -0.39 is 24.0 Å². The normalized spacial score (nSPS) is 17.4. The minimum absolute atomic E-state index is 0.161. The van der Waals surface area contributed by atoms with Crippen molar-refractivity contribution in [3.05, 3.63) is 93.2 Å². The summed E-state index contributed by atoms with van der Waals surface area (Å²) in [4.78, 5) is 29.1. The lowest BCUT2D eigenvalue weighted by Crippen LogP contribution is -2.50. The molecular formula is C27H30N2O4S. The summed E-state index contributed by atoms with van der Waals surface area (Å²) in [7, 11) is 0. The van der Waals surface area contributed by atoms with Gasteiger partial charge in [-0.05, 0) is 43.0 Å². The molecule has 1 unspecified atom stereocenters. The van der Waals surface area contributed by atoms with Gasteiger partial charge in [0, 0.05) is 22.7 Å². The Balaban J connectivity index is 1.32. The summed E-state index contributed by atoms with van der Waals surface area (Å²) in [6.07, 6.45) is -1.22. The Morgan fingerprint density at radius 2 is 1.79 bits per heavy atom. The number of hydrogen-bond donors (Lipinski definition) is 3. The fraction of sp³-hybridized carbons (Fsp3) is 0.333. The van der Waals surface area contributed by atoms with E-state index in [2.05, 4.69) is 17.4 Å². The Hall–Kier alpha value is -3.00. The number of thiophene rings is 1. The maximum atomic E-state index is 12.9. The molecule has 1 saturated heterocycles. The number of amides is 2. The lowest BCUT2D eigenvalue weighted by atomic mass is 10.0. The molecule has 1 aromatic heterocycles. The summed E-state index contributed by atoms with van der Waals surface area (Å²) in [6.45, 7) is 2.71. The van der Waals surface area contributed by atoms with Crippen LogP contribution < -0.4 is 5.32 Å². The molecular weight excluding hydrogens is 448 g/mol. The van der Waals surface area contributed by atoms with Gasteiger partial charge in [-0.15, -0.1) is 11.3 Å². The number of nitrogens with zero attached hydrogens (tertiary/aromatic N) is 1. The fourth-order valence-corrected chi connectivity index (χ4v) is 5.38. The van der Waals surface area contributed by atoms with Gasteiger partial charge < -0.3 is 20.4 Å². The molecule has 178 valence electrons. The highest BCUT2D eigenvalue weighted by Gasteiger charge is 2.38. The average Bonchev–Trinajstić information content (AvgIpc) is 3.51. The van der Waals surface area contributed by atoms with Crippen molar-refractivity contribution in [2.75, 3.05) is 6.54 Å². The summed E-state index contributed by atoms with van der Waals surface area (Å²) in [6, 6.07) is 21.9. The summed E-state index contributed by atoms with van der Waals surface area (Å²) in [5, 5.41) is 23.5. The second kappa shape index (κ2) is 11.0. The molecule has 0 bridgehead atoms. The SMILES string of the molecule is Cc1cccc(C2CCCN2C(=O)[C@H](O)[C@@H](O)C(=O)NCc2ccc(Cc3ccccc3)s2)c1. The zero-order chi connectivity index (χ0) is 24.1. The molecule has 3 atom stereocenters. The summed E-state index contributed by atoms with van der Waals surface area (Å²) >= 11 is 1.58. The molecule has 1 fully saturated rings. The predicted molar refractivity (Wildman–Crippen MR) is 132 cm³/mol. The Labute approximate surface area is 203 Å². The zero-order valence-electron chi connectivity index (χ0n) is 19.2. The van der Waals surface area contributed by atoms with Crippen LogP contribution in [-0.2, 0) is 22.6 Å². The number of aryl methyl sites for hydroxylation is 1. The van der Waals surface area contributed by atoms with Crippen LogP contribution in [0.3, 0.4) is 0 Å². The van der Waals surface area contributed by atoms with Crippen molar-refractivity contribution in [2.24, 2.45) is 0 Å². The predicted octanol–water partition coefficient (Wildman–Crippen LogP) is 3.35. The first kappa shape index (κ1) is 24.1. The van der Waals surface area contributed by atoms with Gasteiger partial charge in [-0.3, -0.25) is 9.59 Å². The van der Waals surface area contributed by atoms with E-state index in [0.717, 1.165) is 35.3 Å². The van der Waals surface area contributed by atoms with Gasteiger partial charge in [0.1, 0.15) is 0 Å². The van der Waals surface area contributed by atoms with E-state index >= 15 is 0 Å². The Kier molecular flexibility index (Phi) is 7.77. The molecule has 3 aromatic rings. The number of carbonyl (C=O) groups is 2. The number of nitrogens with one attached hydrogen (secondary N) is 1.